The van der Waals surface area contributed by atoms with Gasteiger partial charge in [0.2, 0.25) is 10.0 Å². The van der Waals surface area contributed by atoms with Gasteiger partial charge in [-0.1, -0.05) is 17.5 Å². The number of benzene rings is 1. The lowest BCUT2D eigenvalue weighted by atomic mass is 10.1. The number of rotatable bonds is 7. The van der Waals surface area contributed by atoms with E-state index in [1.165, 1.54) is 19.3 Å². The number of carbonyl (C=O) groups excluding carboxylic acids is 1. The Balaban J connectivity index is 2.50. The summed E-state index contributed by atoms with van der Waals surface area (Å²) in [6.07, 6.45) is 7.59. The molecule has 0 aliphatic rings. The Morgan fingerprint density at radius 1 is 1.31 bits per heavy atom. The van der Waals surface area contributed by atoms with E-state index >= 15 is 0 Å². The monoisotopic (exact) mass is 436 g/mol. The molecule has 29 heavy (non-hydrogen) atoms. The maximum atomic E-state index is 12.5. The number of hydroxylamine groups is 1. The molecule has 2 rings (SSSR count). The molecule has 0 aliphatic heterocycles. The Labute approximate surface area is 175 Å². The van der Waals surface area contributed by atoms with Crippen molar-refractivity contribution in [3.63, 3.8) is 0 Å². The van der Waals surface area contributed by atoms with Gasteiger partial charge in [0.25, 0.3) is 5.91 Å². The molecule has 1 aromatic heterocycles. The molecule has 0 fully saturated rings. The fourth-order valence-corrected chi connectivity index (χ4v) is 2.92. The third kappa shape index (κ3) is 5.84. The van der Waals surface area contributed by atoms with E-state index in [9.17, 15) is 13.2 Å². The highest BCUT2D eigenvalue weighted by Gasteiger charge is 2.19. The van der Waals surface area contributed by atoms with Crippen molar-refractivity contribution in [2.24, 2.45) is 0 Å². The highest BCUT2D eigenvalue weighted by molar-refractivity contribution is 7.92. The summed E-state index contributed by atoms with van der Waals surface area (Å²) in [6.45, 7) is 3.53. The minimum Gasteiger partial charge on any atom is -0.353 e. The van der Waals surface area contributed by atoms with Crippen LogP contribution in [0.3, 0.4) is 0 Å². The number of terminal acetylenes is 1. The van der Waals surface area contributed by atoms with Gasteiger partial charge in [0, 0.05) is 18.8 Å². The van der Waals surface area contributed by atoms with Gasteiger partial charge in [-0.15, -0.1) is 6.42 Å². The summed E-state index contributed by atoms with van der Waals surface area (Å²) in [4.78, 5) is 21.5. The third-order valence-corrected chi connectivity index (χ3v) is 5.17. The van der Waals surface area contributed by atoms with Crippen LogP contribution < -0.4 is 15.1 Å². The number of nitrogens with zero attached hydrogens (tertiary/aromatic N) is 2. The van der Waals surface area contributed by atoms with Crippen LogP contribution in [-0.4, -0.2) is 38.7 Å². The summed E-state index contributed by atoms with van der Waals surface area (Å²) >= 11 is 5.99. The molecule has 0 atom stereocenters. The second-order valence-electron chi connectivity index (χ2n) is 6.38. The fourth-order valence-electron chi connectivity index (χ4n) is 2.25. The first-order valence-electron chi connectivity index (χ1n) is 8.46. The summed E-state index contributed by atoms with van der Waals surface area (Å²) in [7, 11) is -2.16. The predicted molar refractivity (Wildman–Crippen MR) is 114 cm³/mol. The maximum Gasteiger partial charge on any atom is 0.278 e. The Bertz CT molecular complexity index is 1060. The quantitative estimate of drug-likeness (QED) is 0.393. The van der Waals surface area contributed by atoms with Gasteiger partial charge in [0.05, 0.1) is 35.0 Å². The topological polar surface area (TPSA) is 101 Å². The smallest absolute Gasteiger partial charge is 0.278 e. The van der Waals surface area contributed by atoms with Crippen LogP contribution >= 0.6 is 11.6 Å². The summed E-state index contributed by atoms with van der Waals surface area (Å²) in [6, 6.07) is 6.26. The molecule has 10 heteroatoms. The van der Waals surface area contributed by atoms with E-state index in [1.807, 2.05) is 0 Å². The summed E-state index contributed by atoms with van der Waals surface area (Å²) in [5.41, 5.74) is 4.00. The SMILES string of the molecule is C#Cc1ccc(Nc2cc(Cl)ncc2C(=O)NOC(C)C)c(N(C)S(C)(=O)=O)c1. The number of aromatic nitrogens is 1. The minimum absolute atomic E-state index is 0.145. The molecule has 8 nitrogen and oxygen atoms in total. The Morgan fingerprint density at radius 2 is 2.00 bits per heavy atom. The van der Waals surface area contributed by atoms with Gasteiger partial charge >= 0.3 is 0 Å². The maximum absolute atomic E-state index is 12.5. The van der Waals surface area contributed by atoms with Crippen LogP contribution in [0.1, 0.15) is 29.8 Å². The number of pyridine rings is 1. The summed E-state index contributed by atoms with van der Waals surface area (Å²) in [5, 5.41) is 3.18. The van der Waals surface area contributed by atoms with Crippen molar-refractivity contribution >= 4 is 44.6 Å². The highest BCUT2D eigenvalue weighted by Crippen LogP contribution is 2.32. The number of anilines is 3. The zero-order valence-electron chi connectivity index (χ0n) is 16.4. The van der Waals surface area contributed by atoms with Gasteiger partial charge in [-0.3, -0.25) is 13.9 Å². The lowest BCUT2D eigenvalue weighted by molar-refractivity contribution is 0.000221. The first-order valence-corrected chi connectivity index (χ1v) is 10.7. The second kappa shape index (κ2) is 9.13. The molecular weight excluding hydrogens is 416 g/mol. The van der Waals surface area contributed by atoms with Gasteiger partial charge < -0.3 is 5.32 Å². The van der Waals surface area contributed by atoms with Crippen molar-refractivity contribution in [3.05, 3.63) is 46.7 Å². The standard InChI is InChI=1S/C19H21ClN4O4S/c1-6-13-7-8-15(17(9-13)24(4)29(5,26)27)22-16-10-18(20)21-11-14(16)19(25)23-28-12(2)3/h1,7-12H,2-5H3,(H,21,22)(H,23,25). The Hall–Kier alpha value is -2.80. The van der Waals surface area contributed by atoms with E-state index in [2.05, 4.69) is 21.7 Å². The highest BCUT2D eigenvalue weighted by atomic mass is 35.5. The van der Waals surface area contributed by atoms with E-state index in [1.54, 1.807) is 32.0 Å². The zero-order valence-corrected chi connectivity index (χ0v) is 17.9. The van der Waals surface area contributed by atoms with Gasteiger partial charge in [-0.2, -0.15) is 0 Å². The molecule has 1 heterocycles. The molecular formula is C19H21ClN4O4S. The second-order valence-corrected chi connectivity index (χ2v) is 8.78. The average Bonchev–Trinajstić information content (AvgIpc) is 2.65. The van der Waals surface area contributed by atoms with Gasteiger partial charge in [-0.05, 0) is 38.1 Å². The first-order chi connectivity index (χ1) is 13.5. The molecule has 0 unspecified atom stereocenters. The number of amides is 1. The molecule has 0 spiro atoms. The van der Waals surface area contributed by atoms with Crippen molar-refractivity contribution < 1.29 is 18.0 Å². The van der Waals surface area contributed by atoms with Gasteiger partial charge in [0.1, 0.15) is 5.15 Å². The van der Waals surface area contributed by atoms with Crippen LogP contribution in [0, 0.1) is 12.3 Å². The normalized spacial score (nSPS) is 11.1. The lowest BCUT2D eigenvalue weighted by Crippen LogP contribution is -2.28. The summed E-state index contributed by atoms with van der Waals surface area (Å²) in [5.74, 6) is 1.93. The average molecular weight is 437 g/mol. The van der Waals surface area contributed by atoms with Crippen LogP contribution in [0.2, 0.25) is 5.15 Å². The van der Waals surface area contributed by atoms with E-state index in [-0.39, 0.29) is 16.8 Å². The van der Waals surface area contributed by atoms with E-state index in [0.29, 0.717) is 22.6 Å². The number of nitrogens with one attached hydrogen (secondary N) is 2. The zero-order chi connectivity index (χ0) is 21.8. The van der Waals surface area contributed by atoms with E-state index in [0.717, 1.165) is 10.6 Å². The van der Waals surface area contributed by atoms with Crippen molar-refractivity contribution in [2.45, 2.75) is 20.0 Å². The fraction of sp³-hybridized carbons (Fsp3) is 0.263. The number of hydrogen-bond acceptors (Lipinski definition) is 6. The molecule has 154 valence electrons. The van der Waals surface area contributed by atoms with Gasteiger partial charge in [-0.25, -0.2) is 18.9 Å². The minimum atomic E-state index is -3.56. The van der Waals surface area contributed by atoms with E-state index < -0.39 is 15.9 Å². The summed E-state index contributed by atoms with van der Waals surface area (Å²) < 4.78 is 25.2. The molecule has 0 saturated heterocycles. The predicted octanol–water partition coefficient (Wildman–Crippen LogP) is 2.93. The number of carbonyl (C=O) groups is 1. The van der Waals surface area contributed by atoms with Crippen molar-refractivity contribution in [3.8, 4) is 12.3 Å². The molecule has 0 aliphatic carbocycles. The van der Waals surface area contributed by atoms with Crippen molar-refractivity contribution in [1.82, 2.24) is 10.5 Å². The first kappa shape index (κ1) is 22.5. The van der Waals surface area contributed by atoms with Gasteiger partial charge in [0.15, 0.2) is 0 Å². The molecule has 1 amide bonds. The number of sulfonamides is 1. The number of hydrogen-bond donors (Lipinski definition) is 2. The Kier molecular flexibility index (Phi) is 7.08. The van der Waals surface area contributed by atoms with Crippen LogP contribution in [0.4, 0.5) is 17.1 Å². The van der Waals surface area contributed by atoms with Crippen molar-refractivity contribution in [2.75, 3.05) is 22.9 Å². The van der Waals surface area contributed by atoms with Crippen LogP contribution in [-0.2, 0) is 14.9 Å². The molecule has 2 N–H and O–H groups in total. The molecule has 0 saturated carbocycles. The van der Waals surface area contributed by atoms with Crippen LogP contribution in [0.5, 0.6) is 0 Å². The molecule has 2 aromatic rings. The third-order valence-electron chi connectivity index (χ3n) is 3.77. The molecule has 0 bridgehead atoms. The number of halogens is 1. The Morgan fingerprint density at radius 3 is 2.59 bits per heavy atom. The van der Waals surface area contributed by atoms with Crippen molar-refractivity contribution in [1.29, 1.82) is 0 Å². The largest absolute Gasteiger partial charge is 0.353 e. The van der Waals surface area contributed by atoms with E-state index in [4.69, 9.17) is 22.9 Å². The van der Waals surface area contributed by atoms with Crippen LogP contribution in [0.15, 0.2) is 30.5 Å². The van der Waals surface area contributed by atoms with Crippen LogP contribution in [0.25, 0.3) is 0 Å². The molecule has 0 radical (unpaired) electrons. The molecule has 1 aromatic carbocycles. The lowest BCUT2D eigenvalue weighted by Gasteiger charge is -2.22.